The molecular formula is C27H28ClFN2O2. The third kappa shape index (κ3) is 7.16. The first-order chi connectivity index (χ1) is 16.0. The van der Waals surface area contributed by atoms with Crippen LogP contribution in [0.1, 0.15) is 30.0 Å². The molecule has 33 heavy (non-hydrogen) atoms. The van der Waals surface area contributed by atoms with Crippen molar-refractivity contribution in [3.63, 3.8) is 0 Å². The number of carbonyl (C=O) groups is 2. The van der Waals surface area contributed by atoms with Gasteiger partial charge in [0.25, 0.3) is 0 Å². The van der Waals surface area contributed by atoms with Crippen molar-refractivity contribution in [1.82, 2.24) is 10.2 Å². The highest BCUT2D eigenvalue weighted by Gasteiger charge is 2.30. The summed E-state index contributed by atoms with van der Waals surface area (Å²) in [6.07, 6.45) is 1.15. The zero-order chi connectivity index (χ0) is 23.6. The van der Waals surface area contributed by atoms with Gasteiger partial charge in [0.05, 0.1) is 6.42 Å². The van der Waals surface area contributed by atoms with Crippen molar-refractivity contribution < 1.29 is 14.0 Å². The summed E-state index contributed by atoms with van der Waals surface area (Å²) in [5.74, 6) is -0.935. The normalized spacial score (nSPS) is 11.6. The largest absolute Gasteiger partial charge is 0.354 e. The van der Waals surface area contributed by atoms with Crippen molar-refractivity contribution >= 4 is 23.4 Å². The van der Waals surface area contributed by atoms with Gasteiger partial charge < -0.3 is 10.2 Å². The molecule has 0 radical (unpaired) electrons. The van der Waals surface area contributed by atoms with Crippen LogP contribution in [0.3, 0.4) is 0 Å². The van der Waals surface area contributed by atoms with Crippen molar-refractivity contribution in [2.75, 3.05) is 6.54 Å². The Morgan fingerprint density at radius 3 is 2.36 bits per heavy atom. The van der Waals surface area contributed by atoms with E-state index in [-0.39, 0.29) is 24.8 Å². The molecule has 0 spiro atoms. The molecule has 1 atom stereocenters. The number of amides is 2. The third-order valence-corrected chi connectivity index (χ3v) is 5.60. The van der Waals surface area contributed by atoms with E-state index in [1.54, 1.807) is 36.4 Å². The van der Waals surface area contributed by atoms with E-state index >= 15 is 0 Å². The van der Waals surface area contributed by atoms with E-state index in [0.29, 0.717) is 23.6 Å². The molecule has 4 nitrogen and oxygen atoms in total. The van der Waals surface area contributed by atoms with Crippen LogP contribution in [0.15, 0.2) is 78.9 Å². The zero-order valence-corrected chi connectivity index (χ0v) is 19.4. The van der Waals surface area contributed by atoms with Gasteiger partial charge in [-0.1, -0.05) is 79.2 Å². The molecule has 0 aliphatic rings. The Morgan fingerprint density at radius 1 is 0.970 bits per heavy atom. The quantitative estimate of drug-likeness (QED) is 0.447. The molecule has 6 heteroatoms. The molecule has 1 unspecified atom stereocenters. The molecule has 0 saturated heterocycles. The average molecular weight is 467 g/mol. The molecule has 2 amide bonds. The van der Waals surface area contributed by atoms with Crippen molar-refractivity contribution in [1.29, 1.82) is 0 Å². The minimum Gasteiger partial charge on any atom is -0.354 e. The highest BCUT2D eigenvalue weighted by molar-refractivity contribution is 6.30. The molecule has 0 fully saturated rings. The third-order valence-electron chi connectivity index (χ3n) is 5.36. The van der Waals surface area contributed by atoms with E-state index in [1.807, 2.05) is 43.3 Å². The number of hydrogen-bond acceptors (Lipinski definition) is 2. The monoisotopic (exact) mass is 466 g/mol. The van der Waals surface area contributed by atoms with Crippen molar-refractivity contribution in [3.8, 4) is 0 Å². The van der Waals surface area contributed by atoms with Gasteiger partial charge in [0, 0.05) is 30.1 Å². The lowest BCUT2D eigenvalue weighted by Gasteiger charge is -2.32. The predicted molar refractivity (Wildman–Crippen MR) is 129 cm³/mol. The summed E-state index contributed by atoms with van der Waals surface area (Å²) in [5, 5.41) is 3.44. The minimum atomic E-state index is -0.787. The van der Waals surface area contributed by atoms with E-state index in [1.165, 1.54) is 11.0 Å². The maximum atomic E-state index is 14.5. The van der Waals surface area contributed by atoms with Crippen LogP contribution in [0.25, 0.3) is 0 Å². The lowest BCUT2D eigenvalue weighted by Crippen LogP contribution is -2.51. The van der Waals surface area contributed by atoms with Crippen molar-refractivity contribution in [3.05, 3.63) is 106 Å². The van der Waals surface area contributed by atoms with E-state index in [9.17, 15) is 14.0 Å². The summed E-state index contributed by atoms with van der Waals surface area (Å²) in [6, 6.07) is 22.1. The first kappa shape index (κ1) is 24.5. The number of halogens is 2. The van der Waals surface area contributed by atoms with Gasteiger partial charge >= 0.3 is 0 Å². The highest BCUT2D eigenvalue weighted by Crippen LogP contribution is 2.19. The van der Waals surface area contributed by atoms with Gasteiger partial charge in [-0.15, -0.1) is 0 Å². The second-order valence-corrected chi connectivity index (χ2v) is 8.35. The fourth-order valence-corrected chi connectivity index (χ4v) is 3.87. The minimum absolute atomic E-state index is 0.0108. The van der Waals surface area contributed by atoms with E-state index in [0.717, 1.165) is 17.5 Å². The maximum absolute atomic E-state index is 14.5. The van der Waals surface area contributed by atoms with Gasteiger partial charge in [0.15, 0.2) is 0 Å². The molecular weight excluding hydrogens is 439 g/mol. The number of nitrogens with zero attached hydrogens (tertiary/aromatic N) is 1. The van der Waals surface area contributed by atoms with Gasteiger partial charge in [-0.3, -0.25) is 9.59 Å². The Kier molecular flexibility index (Phi) is 9.02. The Bertz CT molecular complexity index is 1070. The summed E-state index contributed by atoms with van der Waals surface area (Å²) in [6.45, 7) is 2.46. The molecule has 172 valence electrons. The van der Waals surface area contributed by atoms with Gasteiger partial charge in [-0.05, 0) is 35.7 Å². The Labute approximate surface area is 199 Å². The van der Waals surface area contributed by atoms with Crippen LogP contribution in [-0.4, -0.2) is 29.3 Å². The van der Waals surface area contributed by atoms with Gasteiger partial charge in [-0.2, -0.15) is 0 Å². The Morgan fingerprint density at radius 2 is 1.67 bits per heavy atom. The summed E-state index contributed by atoms with van der Waals surface area (Å²) in [7, 11) is 0. The second kappa shape index (κ2) is 12.2. The predicted octanol–water partition coefficient (Wildman–Crippen LogP) is 5.19. The fraction of sp³-hybridized carbons (Fsp3) is 0.259. The van der Waals surface area contributed by atoms with Gasteiger partial charge in [-0.25, -0.2) is 4.39 Å². The molecule has 0 saturated carbocycles. The lowest BCUT2D eigenvalue weighted by molar-refractivity contribution is -0.140. The van der Waals surface area contributed by atoms with E-state index in [4.69, 9.17) is 11.6 Å². The zero-order valence-electron chi connectivity index (χ0n) is 18.6. The molecule has 0 aromatic heterocycles. The van der Waals surface area contributed by atoms with Crippen LogP contribution in [0.5, 0.6) is 0 Å². The maximum Gasteiger partial charge on any atom is 0.243 e. The molecule has 0 aliphatic carbocycles. The second-order valence-electron chi connectivity index (χ2n) is 7.92. The average Bonchev–Trinajstić information content (AvgIpc) is 2.81. The SMILES string of the molecule is CCCNC(=O)C(Cc1ccccc1)N(Cc1ccccc1F)C(=O)Cc1cccc(Cl)c1. The first-order valence-corrected chi connectivity index (χ1v) is 11.4. The highest BCUT2D eigenvalue weighted by atomic mass is 35.5. The number of rotatable bonds is 10. The number of carbonyl (C=O) groups excluding carboxylic acids is 2. The molecule has 3 aromatic rings. The van der Waals surface area contributed by atoms with Gasteiger partial charge in [0.1, 0.15) is 11.9 Å². The van der Waals surface area contributed by atoms with Crippen LogP contribution >= 0.6 is 11.6 Å². The number of nitrogens with one attached hydrogen (secondary N) is 1. The van der Waals surface area contributed by atoms with Crippen LogP contribution in [0.4, 0.5) is 4.39 Å². The number of hydrogen-bond donors (Lipinski definition) is 1. The molecule has 0 heterocycles. The standard InChI is InChI=1S/C27H28ClFN2O2/c1-2-15-30-27(33)25(17-20-9-4-3-5-10-20)31(19-22-12-6-7-14-24(22)29)26(32)18-21-11-8-13-23(28)16-21/h3-14,16,25H,2,15,17-19H2,1H3,(H,30,33). The number of benzene rings is 3. The molecule has 1 N–H and O–H groups in total. The summed E-state index contributed by atoms with van der Waals surface area (Å²) < 4.78 is 14.5. The van der Waals surface area contributed by atoms with Crippen LogP contribution < -0.4 is 5.32 Å². The summed E-state index contributed by atoms with van der Waals surface area (Å²) in [4.78, 5) is 28.2. The van der Waals surface area contributed by atoms with Gasteiger partial charge in [0.2, 0.25) is 11.8 Å². The lowest BCUT2D eigenvalue weighted by atomic mass is 10.0. The summed E-state index contributed by atoms with van der Waals surface area (Å²) >= 11 is 6.10. The molecule has 3 aromatic carbocycles. The van der Waals surface area contributed by atoms with Crippen LogP contribution in [0, 0.1) is 5.82 Å². The van der Waals surface area contributed by atoms with E-state index in [2.05, 4.69) is 5.32 Å². The Balaban J connectivity index is 1.96. The fourth-order valence-electron chi connectivity index (χ4n) is 3.65. The first-order valence-electron chi connectivity index (χ1n) is 11.1. The van der Waals surface area contributed by atoms with Crippen molar-refractivity contribution in [2.45, 2.75) is 38.8 Å². The topological polar surface area (TPSA) is 49.4 Å². The molecule has 0 aliphatic heterocycles. The smallest absolute Gasteiger partial charge is 0.243 e. The summed E-state index contributed by atoms with van der Waals surface area (Å²) in [5.41, 5.74) is 2.01. The van der Waals surface area contributed by atoms with Crippen LogP contribution in [-0.2, 0) is 29.0 Å². The van der Waals surface area contributed by atoms with Crippen LogP contribution in [0.2, 0.25) is 5.02 Å². The van der Waals surface area contributed by atoms with E-state index < -0.39 is 11.9 Å². The molecule has 0 bridgehead atoms. The Hall–Kier alpha value is -3.18. The van der Waals surface area contributed by atoms with Crippen molar-refractivity contribution in [2.24, 2.45) is 0 Å². The molecule has 3 rings (SSSR count).